The van der Waals surface area contributed by atoms with Crippen molar-refractivity contribution in [3.63, 3.8) is 0 Å². The number of halogens is 1. The van der Waals surface area contributed by atoms with Gasteiger partial charge in [0.15, 0.2) is 10.3 Å². The van der Waals surface area contributed by atoms with Gasteiger partial charge < -0.3 is 48.7 Å². The average Bonchev–Trinajstić information content (AvgIpc) is 4.26. The van der Waals surface area contributed by atoms with Crippen LogP contribution >= 0.6 is 45.3 Å². The minimum atomic E-state index is -1.48. The van der Waals surface area contributed by atoms with E-state index in [4.69, 9.17) is 24.5 Å². The molecule has 376 valence electrons. The number of rotatable bonds is 12. The molecule has 0 aliphatic carbocycles. The van der Waals surface area contributed by atoms with Gasteiger partial charge in [-0.15, -0.1) is 22.7 Å². The number of carbonyl (C=O) groups is 2. The molecule has 72 heavy (non-hydrogen) atoms. The van der Waals surface area contributed by atoms with Crippen LogP contribution in [0.3, 0.4) is 0 Å². The molecule has 4 N–H and O–H groups in total. The summed E-state index contributed by atoms with van der Waals surface area (Å²) in [7, 11) is -1.48. The molecule has 20 heteroatoms. The Hall–Kier alpha value is -6.07. The third-order valence-electron chi connectivity index (χ3n) is 12.4. The Morgan fingerprint density at radius 1 is 0.639 bits per heavy atom. The lowest BCUT2D eigenvalue weighted by atomic mass is 9.79. The summed E-state index contributed by atoms with van der Waals surface area (Å²) in [6.07, 6.45) is 11.6. The largest absolute Gasteiger partial charge is 0.494 e. The lowest BCUT2D eigenvalue weighted by Gasteiger charge is -2.25. The van der Waals surface area contributed by atoms with Crippen LogP contribution in [0.5, 0.6) is 0 Å². The van der Waals surface area contributed by atoms with E-state index in [1.807, 2.05) is 110 Å². The Bertz CT molecular complexity index is 3030. The SMILES string of the molecule is Cc1cc(C(=O)Nc2ccc(-c3c(C)noc3C)cc2)n(Cc2csc(N3CCCCC3)n2)c1.Cc1cc(C(=O)Nc2ccc(I)cc2)n(Cc2csc(N3CCCCC3)n2)c1.Cc1noc(C)c1B(O)O. The molecule has 0 saturated carbocycles. The molecule has 0 bridgehead atoms. The summed E-state index contributed by atoms with van der Waals surface area (Å²) < 4.78 is 15.1. The van der Waals surface area contributed by atoms with Gasteiger partial charge in [-0.05, 0) is 168 Å². The monoisotopic (exact) mass is 1120 g/mol. The van der Waals surface area contributed by atoms with Crippen molar-refractivity contribution in [2.24, 2.45) is 0 Å². The van der Waals surface area contributed by atoms with Crippen LogP contribution < -0.4 is 25.9 Å². The van der Waals surface area contributed by atoms with E-state index >= 15 is 0 Å². The van der Waals surface area contributed by atoms with Crippen molar-refractivity contribution in [3.8, 4) is 11.1 Å². The molecule has 6 aromatic heterocycles. The van der Waals surface area contributed by atoms with Crippen LogP contribution in [0.4, 0.5) is 21.6 Å². The highest BCUT2D eigenvalue weighted by molar-refractivity contribution is 14.1. The van der Waals surface area contributed by atoms with Crippen molar-refractivity contribution >= 4 is 91.3 Å². The van der Waals surface area contributed by atoms with E-state index in [0.29, 0.717) is 41.4 Å². The topological polar surface area (TPSA) is 193 Å². The van der Waals surface area contributed by atoms with Gasteiger partial charge in [-0.25, -0.2) is 9.97 Å². The van der Waals surface area contributed by atoms with Gasteiger partial charge >= 0.3 is 7.12 Å². The number of amides is 2. The lowest BCUT2D eigenvalue weighted by Crippen LogP contribution is -2.32. The minimum Gasteiger partial charge on any atom is -0.423 e. The fourth-order valence-corrected chi connectivity index (χ4v) is 11.0. The number of anilines is 4. The first kappa shape index (κ1) is 52.3. The summed E-state index contributed by atoms with van der Waals surface area (Å²) in [5, 5.41) is 37.5. The summed E-state index contributed by atoms with van der Waals surface area (Å²) in [6, 6.07) is 19.4. The molecule has 8 aromatic rings. The van der Waals surface area contributed by atoms with Crippen LogP contribution in [-0.2, 0) is 13.1 Å². The van der Waals surface area contributed by atoms with Gasteiger partial charge in [-0.1, -0.05) is 22.4 Å². The highest BCUT2D eigenvalue weighted by atomic mass is 127. The molecule has 2 saturated heterocycles. The van der Waals surface area contributed by atoms with Gasteiger partial charge in [-0.2, -0.15) is 0 Å². The van der Waals surface area contributed by atoms with Crippen LogP contribution in [-0.4, -0.2) is 84.6 Å². The van der Waals surface area contributed by atoms with E-state index in [1.54, 1.807) is 36.5 Å². The van der Waals surface area contributed by atoms with Gasteiger partial charge in [-0.3, -0.25) is 9.59 Å². The molecule has 2 aliphatic heterocycles. The lowest BCUT2D eigenvalue weighted by molar-refractivity contribution is 0.101. The fraction of sp³-hybridized carbons (Fsp3) is 0.346. The molecule has 0 unspecified atom stereocenters. The molecule has 10 rings (SSSR count). The van der Waals surface area contributed by atoms with E-state index in [0.717, 1.165) is 96.5 Å². The predicted octanol–water partition coefficient (Wildman–Crippen LogP) is 9.94. The summed E-state index contributed by atoms with van der Waals surface area (Å²) in [5.74, 6) is 1.01. The molecule has 0 atom stereocenters. The van der Waals surface area contributed by atoms with E-state index in [1.165, 1.54) is 38.5 Å². The number of hydrogen-bond donors (Lipinski definition) is 4. The van der Waals surface area contributed by atoms with Crippen molar-refractivity contribution < 1.29 is 28.7 Å². The first-order valence-electron chi connectivity index (χ1n) is 24.1. The molecule has 2 fully saturated rings. The Morgan fingerprint density at radius 2 is 1.08 bits per heavy atom. The third kappa shape index (κ3) is 13.3. The normalized spacial score (nSPS) is 13.5. The summed E-state index contributed by atoms with van der Waals surface area (Å²) in [6.45, 7) is 16.7. The Labute approximate surface area is 441 Å². The maximum absolute atomic E-state index is 13.1. The first-order chi connectivity index (χ1) is 34.7. The number of hydrogen-bond acceptors (Lipinski definition) is 14. The second-order valence-electron chi connectivity index (χ2n) is 18.2. The van der Waals surface area contributed by atoms with Gasteiger partial charge in [0.2, 0.25) is 0 Å². The number of carbonyl (C=O) groups excluding carboxylic acids is 2. The molecule has 2 amide bonds. The van der Waals surface area contributed by atoms with Crippen LogP contribution in [0.25, 0.3) is 11.1 Å². The predicted molar refractivity (Wildman–Crippen MR) is 295 cm³/mol. The summed E-state index contributed by atoms with van der Waals surface area (Å²) >= 11 is 5.65. The van der Waals surface area contributed by atoms with Crippen molar-refractivity contribution in [2.75, 3.05) is 46.6 Å². The number of aromatic nitrogens is 6. The zero-order chi connectivity index (χ0) is 50.9. The minimum absolute atomic E-state index is 0.0965. The number of nitrogens with one attached hydrogen (secondary N) is 2. The number of piperidine rings is 2. The molecule has 16 nitrogen and oxygen atoms in total. The second-order valence-corrected chi connectivity index (χ2v) is 21.1. The van der Waals surface area contributed by atoms with Gasteiger partial charge in [0.25, 0.3) is 11.8 Å². The van der Waals surface area contributed by atoms with Crippen LogP contribution in [0.2, 0.25) is 0 Å². The maximum Gasteiger partial charge on any atom is 0.494 e. The van der Waals surface area contributed by atoms with Crippen molar-refractivity contribution in [1.82, 2.24) is 29.4 Å². The highest BCUT2D eigenvalue weighted by Crippen LogP contribution is 2.29. The molecule has 0 spiro atoms. The Kier molecular flexibility index (Phi) is 17.5. The summed E-state index contributed by atoms with van der Waals surface area (Å²) in [5.41, 5.74) is 10.7. The second kappa shape index (κ2) is 24.1. The molecule has 2 aromatic carbocycles. The van der Waals surface area contributed by atoms with Crippen molar-refractivity contribution in [2.45, 2.75) is 93.2 Å². The van der Waals surface area contributed by atoms with Gasteiger partial charge in [0, 0.05) is 75.3 Å². The Morgan fingerprint density at radius 3 is 1.49 bits per heavy atom. The van der Waals surface area contributed by atoms with E-state index < -0.39 is 7.12 Å². The van der Waals surface area contributed by atoms with Crippen LogP contribution in [0.1, 0.15) is 105 Å². The van der Waals surface area contributed by atoms with Gasteiger partial charge in [0.05, 0.1) is 35.9 Å². The quantitative estimate of drug-likeness (QED) is 0.0670. The fourth-order valence-electron chi connectivity index (χ4n) is 8.90. The van der Waals surface area contributed by atoms with Crippen molar-refractivity contribution in [1.29, 1.82) is 0 Å². The zero-order valence-electron chi connectivity index (χ0n) is 41.4. The molecular weight excluding hydrogens is 1060 g/mol. The molecule has 2 aliphatic rings. The molecule has 0 radical (unpaired) electrons. The zero-order valence-corrected chi connectivity index (χ0v) is 45.2. The average molecular weight is 1120 g/mol. The summed E-state index contributed by atoms with van der Waals surface area (Å²) in [4.78, 5) is 40.4. The number of benzene rings is 2. The Balaban J connectivity index is 0.000000164. The number of nitrogens with zero attached hydrogens (tertiary/aromatic N) is 8. The van der Waals surface area contributed by atoms with E-state index in [-0.39, 0.29) is 11.8 Å². The highest BCUT2D eigenvalue weighted by Gasteiger charge is 2.22. The van der Waals surface area contributed by atoms with Crippen LogP contribution in [0.15, 0.2) is 92.9 Å². The van der Waals surface area contributed by atoms with E-state index in [9.17, 15) is 9.59 Å². The molecular formula is C52H60BIN10O6S2. The van der Waals surface area contributed by atoms with Gasteiger partial charge in [0.1, 0.15) is 22.9 Å². The van der Waals surface area contributed by atoms with Crippen molar-refractivity contribution in [3.05, 3.63) is 144 Å². The van der Waals surface area contributed by atoms with Crippen LogP contribution in [0, 0.1) is 45.1 Å². The first-order valence-corrected chi connectivity index (χ1v) is 27.0. The van der Waals surface area contributed by atoms with E-state index in [2.05, 4.69) is 68.6 Å². The maximum atomic E-state index is 13.1. The smallest absolute Gasteiger partial charge is 0.423 e. The number of aryl methyl sites for hydroxylation is 6. The standard InChI is InChI=1S/C26H29N5O2S.C21H23IN4OS.C5H8BNO3/c1-17-13-23(31(14-17)15-22-16-34-26(28-22)30-11-5-4-6-12-30)25(32)27-21-9-7-20(8-10-21)24-18(2)29-33-19(24)3;1-15-11-19(20(27)23-17-7-5-16(22)6-8-17)26(12-15)13-18-14-28-21(24-18)25-9-3-2-4-10-25;1-3-5(6(8)9)4(2)10-7-3/h7-10,13-14,16H,4-6,11-12,15H2,1-3H3,(H,27,32);5-8,11-12,14H,2-4,9-10,13H2,1H3,(H,23,27);8-9H,1-2H3. The number of thiazole rings is 2. The molecule has 8 heterocycles. The third-order valence-corrected chi connectivity index (χ3v) is 15.1.